The number of nitrogens with zero attached hydrogens (tertiary/aromatic N) is 2. The number of anilines is 6. The fourth-order valence-electron chi connectivity index (χ4n) is 10.6. The van der Waals surface area contributed by atoms with E-state index in [2.05, 4.69) is 256 Å². The Balaban J connectivity index is 1.16. The number of hydrogen-bond donors (Lipinski definition) is 0. The maximum Gasteiger partial charge on any atom is 0.0471 e. The lowest BCUT2D eigenvalue weighted by molar-refractivity contribution is 0.601. The van der Waals surface area contributed by atoms with Crippen LogP contribution in [0.1, 0.15) is 49.9 Å². The summed E-state index contributed by atoms with van der Waals surface area (Å²) >= 11 is 0. The van der Waals surface area contributed by atoms with E-state index in [0.29, 0.717) is 0 Å². The fourth-order valence-corrected chi connectivity index (χ4v) is 10.6. The van der Waals surface area contributed by atoms with Gasteiger partial charge in [0.25, 0.3) is 0 Å². The highest BCUT2D eigenvalue weighted by molar-refractivity contribution is 6.02. The number of hydrogen-bond acceptors (Lipinski definition) is 2. The van der Waals surface area contributed by atoms with Crippen LogP contribution in [0.4, 0.5) is 34.1 Å². The van der Waals surface area contributed by atoms with Gasteiger partial charge in [-0.1, -0.05) is 173 Å². The van der Waals surface area contributed by atoms with Crippen LogP contribution in [-0.4, -0.2) is 0 Å². The molecule has 0 saturated carbocycles. The Labute approximate surface area is 366 Å². The molecule has 2 heteroatoms. The van der Waals surface area contributed by atoms with Gasteiger partial charge in [-0.15, -0.1) is 0 Å². The summed E-state index contributed by atoms with van der Waals surface area (Å²) in [5.74, 6) is 0. The Hall–Kier alpha value is -7.42. The van der Waals surface area contributed by atoms with E-state index >= 15 is 0 Å². The van der Waals surface area contributed by atoms with Crippen LogP contribution in [0.25, 0.3) is 44.5 Å². The SMILES string of the molecule is CC1(C)c2cc(N(c3ccccc3)c3ccccc3)cc(-c3ccccc3)c2-c2ccc3c(c21)C(C)(C)c1cc(N(c2ccccc2)c2ccccc2)cc(-c2ccccc2)c1-3. The summed E-state index contributed by atoms with van der Waals surface area (Å²) < 4.78 is 0. The third kappa shape index (κ3) is 5.93. The molecule has 0 N–H and O–H groups in total. The van der Waals surface area contributed by atoms with Gasteiger partial charge < -0.3 is 9.80 Å². The molecule has 11 rings (SSSR count). The van der Waals surface area contributed by atoms with Crippen molar-refractivity contribution in [2.75, 3.05) is 9.80 Å². The predicted molar refractivity (Wildman–Crippen MR) is 262 cm³/mol. The molecular formula is C60H48N2. The highest BCUT2D eigenvalue weighted by Gasteiger charge is 2.47. The van der Waals surface area contributed by atoms with Crippen LogP contribution in [0.15, 0.2) is 218 Å². The monoisotopic (exact) mass is 796 g/mol. The maximum absolute atomic E-state index is 2.48. The molecule has 0 bridgehead atoms. The summed E-state index contributed by atoms with van der Waals surface area (Å²) in [7, 11) is 0. The van der Waals surface area contributed by atoms with E-state index in [1.165, 1.54) is 66.8 Å². The fraction of sp³-hybridized carbons (Fsp3) is 0.100. The van der Waals surface area contributed by atoms with Crippen molar-refractivity contribution in [2.45, 2.75) is 38.5 Å². The second-order valence-electron chi connectivity index (χ2n) is 17.7. The first-order valence-corrected chi connectivity index (χ1v) is 21.8. The van der Waals surface area contributed by atoms with Gasteiger partial charge in [-0.3, -0.25) is 0 Å². The average Bonchev–Trinajstić information content (AvgIpc) is 3.69. The van der Waals surface area contributed by atoms with E-state index in [1.54, 1.807) is 0 Å². The molecule has 9 aromatic carbocycles. The molecule has 2 aliphatic carbocycles. The van der Waals surface area contributed by atoms with Gasteiger partial charge in [-0.2, -0.15) is 0 Å². The van der Waals surface area contributed by atoms with Crippen LogP contribution in [0, 0.1) is 0 Å². The van der Waals surface area contributed by atoms with Gasteiger partial charge >= 0.3 is 0 Å². The van der Waals surface area contributed by atoms with E-state index in [-0.39, 0.29) is 10.8 Å². The minimum Gasteiger partial charge on any atom is -0.310 e. The third-order valence-corrected chi connectivity index (χ3v) is 13.3. The Morgan fingerprint density at radius 2 is 0.548 bits per heavy atom. The van der Waals surface area contributed by atoms with Crippen molar-refractivity contribution in [3.05, 3.63) is 241 Å². The highest BCUT2D eigenvalue weighted by Crippen LogP contribution is 2.63. The van der Waals surface area contributed by atoms with E-state index in [9.17, 15) is 0 Å². The van der Waals surface area contributed by atoms with E-state index < -0.39 is 0 Å². The number of benzene rings is 9. The van der Waals surface area contributed by atoms with Crippen molar-refractivity contribution < 1.29 is 0 Å². The highest BCUT2D eigenvalue weighted by atomic mass is 15.1. The van der Waals surface area contributed by atoms with Crippen LogP contribution in [0.5, 0.6) is 0 Å². The number of rotatable bonds is 8. The Bertz CT molecular complexity index is 2790. The van der Waals surface area contributed by atoms with Crippen LogP contribution in [0.3, 0.4) is 0 Å². The molecule has 2 aliphatic rings. The molecule has 0 unspecified atom stereocenters. The summed E-state index contributed by atoms with van der Waals surface area (Å²) in [5.41, 5.74) is 22.0. The second-order valence-corrected chi connectivity index (χ2v) is 17.7. The molecule has 9 aromatic rings. The lowest BCUT2D eigenvalue weighted by Crippen LogP contribution is -2.24. The van der Waals surface area contributed by atoms with Crippen molar-refractivity contribution in [2.24, 2.45) is 0 Å². The Morgan fingerprint density at radius 1 is 0.274 bits per heavy atom. The quantitative estimate of drug-likeness (QED) is 0.151. The smallest absolute Gasteiger partial charge is 0.0471 e. The van der Waals surface area contributed by atoms with E-state index in [4.69, 9.17) is 0 Å². The summed E-state index contributed by atoms with van der Waals surface area (Å²) in [6.07, 6.45) is 0. The molecule has 0 fully saturated rings. The van der Waals surface area contributed by atoms with Gasteiger partial charge in [-0.25, -0.2) is 0 Å². The average molecular weight is 797 g/mol. The Kier molecular flexibility index (Phi) is 8.87. The second kappa shape index (κ2) is 14.6. The minimum absolute atomic E-state index is 0.316. The third-order valence-electron chi connectivity index (χ3n) is 13.3. The summed E-state index contributed by atoms with van der Waals surface area (Å²) in [6.45, 7) is 9.84. The lowest BCUT2D eigenvalue weighted by Gasteiger charge is -2.32. The zero-order valence-electron chi connectivity index (χ0n) is 35.7. The molecule has 0 atom stereocenters. The lowest BCUT2D eigenvalue weighted by atomic mass is 9.72. The van der Waals surface area contributed by atoms with Crippen LogP contribution in [0.2, 0.25) is 0 Å². The molecule has 0 radical (unpaired) electrons. The van der Waals surface area contributed by atoms with Crippen molar-refractivity contribution >= 4 is 34.1 Å². The van der Waals surface area contributed by atoms with Crippen molar-refractivity contribution in [1.29, 1.82) is 0 Å². The first-order valence-electron chi connectivity index (χ1n) is 21.8. The normalized spacial score (nSPS) is 13.7. The van der Waals surface area contributed by atoms with Crippen LogP contribution < -0.4 is 9.80 Å². The first kappa shape index (κ1) is 37.6. The minimum atomic E-state index is -0.316. The van der Waals surface area contributed by atoms with Crippen LogP contribution >= 0.6 is 0 Å². The molecule has 0 aliphatic heterocycles. The van der Waals surface area contributed by atoms with Gasteiger partial charge in [0, 0.05) is 45.0 Å². The molecule has 298 valence electrons. The van der Waals surface area contributed by atoms with Gasteiger partial charge in [0.15, 0.2) is 0 Å². The van der Waals surface area contributed by atoms with Crippen molar-refractivity contribution in [3.8, 4) is 44.5 Å². The largest absolute Gasteiger partial charge is 0.310 e. The maximum atomic E-state index is 2.48. The summed E-state index contributed by atoms with van der Waals surface area (Å²) in [4.78, 5) is 4.82. The number of fused-ring (bicyclic) bond motifs is 7. The predicted octanol–water partition coefficient (Wildman–Crippen LogP) is 16.6. The standard InChI is InChI=1S/C60H48N2/c1-59(2)53-39-47(61(43-27-15-7-16-28-43)44-29-17-8-18-30-44)37-51(41-23-11-5-12-24-41)55(53)49-35-36-50-56-52(42-25-13-6-14-26-42)38-48(40-54(56)60(3,4)58(50)57(49)59)62(45-31-19-9-20-32-45)46-33-21-10-22-34-46/h5-40H,1-4H3. The number of para-hydroxylation sites is 4. The van der Waals surface area contributed by atoms with Crippen molar-refractivity contribution in [1.82, 2.24) is 0 Å². The van der Waals surface area contributed by atoms with Gasteiger partial charge in [0.1, 0.15) is 0 Å². The molecule has 0 saturated heterocycles. The molecule has 62 heavy (non-hydrogen) atoms. The molecule has 0 spiro atoms. The van der Waals surface area contributed by atoms with Crippen LogP contribution in [-0.2, 0) is 10.8 Å². The van der Waals surface area contributed by atoms with Gasteiger partial charge in [0.2, 0.25) is 0 Å². The topological polar surface area (TPSA) is 6.48 Å². The zero-order chi connectivity index (χ0) is 42.0. The van der Waals surface area contributed by atoms with Gasteiger partial charge in [0.05, 0.1) is 0 Å². The van der Waals surface area contributed by atoms with Gasteiger partial charge in [-0.05, 0) is 140 Å². The molecular weight excluding hydrogens is 749 g/mol. The molecule has 2 nitrogen and oxygen atoms in total. The Morgan fingerprint density at radius 3 is 0.839 bits per heavy atom. The zero-order valence-corrected chi connectivity index (χ0v) is 35.7. The molecule has 0 heterocycles. The summed E-state index contributed by atoms with van der Waals surface area (Å²) in [6, 6.07) is 79.8. The molecule has 0 amide bonds. The van der Waals surface area contributed by atoms with Crippen molar-refractivity contribution in [3.63, 3.8) is 0 Å². The molecule has 0 aromatic heterocycles. The first-order chi connectivity index (χ1) is 30.3. The summed E-state index contributed by atoms with van der Waals surface area (Å²) in [5, 5.41) is 0. The van der Waals surface area contributed by atoms with E-state index in [1.807, 2.05) is 0 Å². The van der Waals surface area contributed by atoms with E-state index in [0.717, 1.165) is 34.1 Å².